The van der Waals surface area contributed by atoms with Crippen LogP contribution in [0, 0.1) is 6.92 Å². The summed E-state index contributed by atoms with van der Waals surface area (Å²) in [6.07, 6.45) is 0. The van der Waals surface area contributed by atoms with E-state index in [2.05, 4.69) is 44.2 Å². The van der Waals surface area contributed by atoms with Crippen LogP contribution < -0.4 is 11.0 Å². The molecule has 0 aliphatic heterocycles. The van der Waals surface area contributed by atoms with Crippen LogP contribution in [0.3, 0.4) is 0 Å². The van der Waals surface area contributed by atoms with E-state index in [-0.39, 0.29) is 11.7 Å². The Bertz CT molecular complexity index is 850. The van der Waals surface area contributed by atoms with Crippen LogP contribution in [-0.4, -0.2) is 17.0 Å². The molecule has 0 spiro atoms. The molecule has 1 atom stereocenters. The summed E-state index contributed by atoms with van der Waals surface area (Å²) in [6, 6.07) is 12.2. The number of aromatic nitrogens is 2. The van der Waals surface area contributed by atoms with Crippen molar-refractivity contribution in [3.05, 3.63) is 68.0 Å². The maximum atomic E-state index is 11.4. The number of halogens is 1. The molecule has 2 aromatic carbocycles. The Balaban J connectivity index is 2.13. The number of hydrogen-bond donors (Lipinski definition) is 3. The summed E-state index contributed by atoms with van der Waals surface area (Å²) in [5.74, 6) is 0. The number of imidazole rings is 1. The molecule has 5 heteroatoms. The van der Waals surface area contributed by atoms with Crippen LogP contribution in [0.5, 0.6) is 0 Å². The van der Waals surface area contributed by atoms with Crippen molar-refractivity contribution < 1.29 is 0 Å². The lowest BCUT2D eigenvalue weighted by atomic mass is 9.95. The van der Waals surface area contributed by atoms with Crippen molar-refractivity contribution in [2.45, 2.75) is 13.0 Å². The lowest BCUT2D eigenvalue weighted by molar-refractivity contribution is 0.688. The van der Waals surface area contributed by atoms with Crippen LogP contribution in [0.4, 0.5) is 0 Å². The Hall–Kier alpha value is -1.85. The first-order valence-corrected chi connectivity index (χ1v) is 7.53. The molecule has 1 aromatic heterocycles. The first-order valence-electron chi connectivity index (χ1n) is 6.74. The van der Waals surface area contributed by atoms with Gasteiger partial charge in [0, 0.05) is 4.47 Å². The molecule has 0 saturated carbocycles. The molecule has 108 valence electrons. The van der Waals surface area contributed by atoms with Gasteiger partial charge in [-0.05, 0) is 48.9 Å². The SMILES string of the molecule is CNC(c1ccc2[nH]c(=O)[nH]c2c1)c1cccc(Br)c1C. The second kappa shape index (κ2) is 5.50. The molecule has 0 radical (unpaired) electrons. The van der Waals surface area contributed by atoms with E-state index < -0.39 is 0 Å². The third-order valence-electron chi connectivity index (χ3n) is 3.78. The molecule has 0 aliphatic rings. The first-order chi connectivity index (χ1) is 10.1. The highest BCUT2D eigenvalue weighted by atomic mass is 79.9. The molecular weight excluding hydrogens is 330 g/mol. The van der Waals surface area contributed by atoms with Gasteiger partial charge in [-0.3, -0.25) is 0 Å². The molecule has 3 aromatic rings. The third kappa shape index (κ3) is 2.54. The summed E-state index contributed by atoms with van der Waals surface area (Å²) in [5, 5.41) is 3.35. The van der Waals surface area contributed by atoms with Gasteiger partial charge in [0.05, 0.1) is 17.1 Å². The monoisotopic (exact) mass is 345 g/mol. The minimum Gasteiger partial charge on any atom is -0.309 e. The topological polar surface area (TPSA) is 60.7 Å². The van der Waals surface area contributed by atoms with Gasteiger partial charge in [-0.2, -0.15) is 0 Å². The van der Waals surface area contributed by atoms with Gasteiger partial charge < -0.3 is 15.3 Å². The highest BCUT2D eigenvalue weighted by Gasteiger charge is 2.16. The van der Waals surface area contributed by atoms with E-state index in [9.17, 15) is 4.79 Å². The van der Waals surface area contributed by atoms with Gasteiger partial charge in [0.25, 0.3) is 0 Å². The number of fused-ring (bicyclic) bond motifs is 1. The summed E-state index contributed by atoms with van der Waals surface area (Å²) in [6.45, 7) is 2.10. The number of rotatable bonds is 3. The van der Waals surface area contributed by atoms with Gasteiger partial charge in [0.2, 0.25) is 0 Å². The normalized spacial score (nSPS) is 12.7. The Labute approximate surface area is 130 Å². The molecule has 3 N–H and O–H groups in total. The molecule has 3 rings (SSSR count). The zero-order chi connectivity index (χ0) is 15.0. The van der Waals surface area contributed by atoms with E-state index in [1.165, 1.54) is 11.1 Å². The summed E-state index contributed by atoms with van der Waals surface area (Å²) < 4.78 is 1.09. The van der Waals surface area contributed by atoms with E-state index in [0.29, 0.717) is 0 Å². The largest absolute Gasteiger partial charge is 0.323 e. The van der Waals surface area contributed by atoms with Crippen molar-refractivity contribution in [2.24, 2.45) is 0 Å². The van der Waals surface area contributed by atoms with Crippen molar-refractivity contribution in [1.82, 2.24) is 15.3 Å². The third-order valence-corrected chi connectivity index (χ3v) is 4.64. The fourth-order valence-electron chi connectivity index (χ4n) is 2.67. The van der Waals surface area contributed by atoms with Crippen LogP contribution in [0.15, 0.2) is 45.7 Å². The number of benzene rings is 2. The van der Waals surface area contributed by atoms with E-state index in [1.54, 1.807) is 0 Å². The van der Waals surface area contributed by atoms with Crippen molar-refractivity contribution in [3.63, 3.8) is 0 Å². The van der Waals surface area contributed by atoms with Crippen molar-refractivity contribution in [1.29, 1.82) is 0 Å². The molecule has 0 amide bonds. The van der Waals surface area contributed by atoms with E-state index >= 15 is 0 Å². The molecule has 0 aliphatic carbocycles. The number of H-pyrrole nitrogens is 2. The smallest absolute Gasteiger partial charge is 0.309 e. The van der Waals surface area contributed by atoms with Crippen LogP contribution in [0.2, 0.25) is 0 Å². The molecular formula is C16H16BrN3O. The second-order valence-corrected chi connectivity index (χ2v) is 5.91. The maximum absolute atomic E-state index is 11.4. The van der Waals surface area contributed by atoms with Gasteiger partial charge in [-0.15, -0.1) is 0 Å². The molecule has 1 unspecified atom stereocenters. The zero-order valence-corrected chi connectivity index (χ0v) is 13.4. The highest BCUT2D eigenvalue weighted by Crippen LogP contribution is 2.29. The highest BCUT2D eigenvalue weighted by molar-refractivity contribution is 9.10. The van der Waals surface area contributed by atoms with Crippen molar-refractivity contribution in [2.75, 3.05) is 7.05 Å². The van der Waals surface area contributed by atoms with Gasteiger partial charge in [0.1, 0.15) is 0 Å². The zero-order valence-electron chi connectivity index (χ0n) is 11.8. The lowest BCUT2D eigenvalue weighted by Crippen LogP contribution is -2.18. The summed E-state index contributed by atoms with van der Waals surface area (Å²) in [7, 11) is 1.94. The maximum Gasteiger partial charge on any atom is 0.323 e. The van der Waals surface area contributed by atoms with Crippen molar-refractivity contribution in [3.8, 4) is 0 Å². The molecule has 1 heterocycles. The van der Waals surface area contributed by atoms with Crippen LogP contribution in [0.1, 0.15) is 22.7 Å². The number of aromatic amines is 2. The van der Waals surface area contributed by atoms with E-state index in [1.807, 2.05) is 37.4 Å². The Kier molecular flexibility index (Phi) is 3.69. The molecule has 0 bridgehead atoms. The minimum atomic E-state index is -0.179. The predicted molar refractivity (Wildman–Crippen MR) is 88.7 cm³/mol. The number of nitrogens with one attached hydrogen (secondary N) is 3. The van der Waals surface area contributed by atoms with Crippen LogP contribution in [-0.2, 0) is 0 Å². The lowest BCUT2D eigenvalue weighted by Gasteiger charge is -2.20. The van der Waals surface area contributed by atoms with E-state index in [0.717, 1.165) is 21.1 Å². The van der Waals surface area contributed by atoms with Crippen LogP contribution >= 0.6 is 15.9 Å². The Morgan fingerprint density at radius 1 is 1.14 bits per heavy atom. The quantitative estimate of drug-likeness (QED) is 0.682. The van der Waals surface area contributed by atoms with Gasteiger partial charge in [-0.1, -0.05) is 34.1 Å². The molecule has 4 nitrogen and oxygen atoms in total. The number of hydrogen-bond acceptors (Lipinski definition) is 2. The second-order valence-electron chi connectivity index (χ2n) is 5.06. The predicted octanol–water partition coefficient (Wildman–Crippen LogP) is 3.24. The van der Waals surface area contributed by atoms with Gasteiger partial charge in [-0.25, -0.2) is 4.79 Å². The Morgan fingerprint density at radius 2 is 1.90 bits per heavy atom. The summed E-state index contributed by atoms with van der Waals surface area (Å²) in [5.41, 5.74) is 5.00. The minimum absolute atomic E-state index is 0.0744. The van der Waals surface area contributed by atoms with Crippen LogP contribution in [0.25, 0.3) is 11.0 Å². The molecule has 0 fully saturated rings. The Morgan fingerprint density at radius 3 is 2.67 bits per heavy atom. The summed E-state index contributed by atoms with van der Waals surface area (Å²) >= 11 is 3.58. The fraction of sp³-hybridized carbons (Fsp3) is 0.188. The average molecular weight is 346 g/mol. The van der Waals surface area contributed by atoms with Gasteiger partial charge >= 0.3 is 5.69 Å². The fourth-order valence-corrected chi connectivity index (χ4v) is 3.05. The van der Waals surface area contributed by atoms with Gasteiger partial charge in [0.15, 0.2) is 0 Å². The standard InChI is InChI=1S/C16H16BrN3O/c1-9-11(4-3-5-12(9)17)15(18-2)10-6-7-13-14(8-10)20-16(21)19-13/h3-8,15,18H,1-2H3,(H2,19,20,21). The van der Waals surface area contributed by atoms with Crippen molar-refractivity contribution >= 4 is 27.0 Å². The average Bonchev–Trinajstić information content (AvgIpc) is 2.83. The van der Waals surface area contributed by atoms with E-state index in [4.69, 9.17) is 0 Å². The summed E-state index contributed by atoms with van der Waals surface area (Å²) in [4.78, 5) is 16.9. The molecule has 0 saturated heterocycles. The first kappa shape index (κ1) is 14.1. The molecule has 21 heavy (non-hydrogen) atoms.